The summed E-state index contributed by atoms with van der Waals surface area (Å²) in [4.78, 5) is 11.2. The number of hydrogen-bond acceptors (Lipinski definition) is 2. The summed E-state index contributed by atoms with van der Waals surface area (Å²) in [6.45, 7) is 6.27. The second-order valence-electron chi connectivity index (χ2n) is 4.57. The topological polar surface area (TPSA) is 43.1 Å². The zero-order valence-electron chi connectivity index (χ0n) is 10.8. The quantitative estimate of drug-likeness (QED) is 0.431. The van der Waals surface area contributed by atoms with Crippen LogP contribution in [0.15, 0.2) is 12.2 Å². The SMILES string of the molecule is C=C(C)C(=O)CCCCCCCCCCN. The third-order valence-electron chi connectivity index (χ3n) is 2.83. The molecule has 2 nitrogen and oxygen atoms in total. The summed E-state index contributed by atoms with van der Waals surface area (Å²) >= 11 is 0. The molecule has 0 aromatic carbocycles. The number of ketones is 1. The van der Waals surface area contributed by atoms with Crippen molar-refractivity contribution in [3.05, 3.63) is 12.2 Å². The van der Waals surface area contributed by atoms with Crippen LogP contribution in [0.2, 0.25) is 0 Å². The number of allylic oxidation sites excluding steroid dienone is 1. The molecular weight excluding hydrogens is 198 g/mol. The summed E-state index contributed by atoms with van der Waals surface area (Å²) in [5.74, 6) is 0.225. The van der Waals surface area contributed by atoms with Gasteiger partial charge in [-0.2, -0.15) is 0 Å². The second kappa shape index (κ2) is 10.9. The molecule has 0 spiro atoms. The number of nitrogens with two attached hydrogens (primary N) is 1. The monoisotopic (exact) mass is 225 g/mol. The van der Waals surface area contributed by atoms with Crippen LogP contribution in [0.5, 0.6) is 0 Å². The highest BCUT2D eigenvalue weighted by molar-refractivity contribution is 5.93. The van der Waals surface area contributed by atoms with Crippen LogP contribution in [0.25, 0.3) is 0 Å². The van der Waals surface area contributed by atoms with Gasteiger partial charge in [-0.1, -0.05) is 45.1 Å². The molecular formula is C14H27NO. The van der Waals surface area contributed by atoms with Crippen LogP contribution in [-0.2, 0) is 4.79 Å². The Morgan fingerprint density at radius 1 is 0.938 bits per heavy atom. The third-order valence-corrected chi connectivity index (χ3v) is 2.83. The first-order chi connectivity index (χ1) is 7.68. The summed E-state index contributed by atoms with van der Waals surface area (Å²) in [5, 5.41) is 0. The minimum absolute atomic E-state index is 0.225. The highest BCUT2D eigenvalue weighted by Gasteiger charge is 2.01. The maximum atomic E-state index is 11.2. The molecule has 0 aromatic rings. The summed E-state index contributed by atoms with van der Waals surface area (Å²) in [5.41, 5.74) is 6.12. The zero-order valence-corrected chi connectivity index (χ0v) is 10.8. The van der Waals surface area contributed by atoms with Gasteiger partial charge >= 0.3 is 0 Å². The summed E-state index contributed by atoms with van der Waals surface area (Å²) in [6, 6.07) is 0. The van der Waals surface area contributed by atoms with Crippen LogP contribution in [-0.4, -0.2) is 12.3 Å². The van der Waals surface area contributed by atoms with E-state index in [1.165, 1.54) is 38.5 Å². The van der Waals surface area contributed by atoms with Gasteiger partial charge in [-0.3, -0.25) is 4.79 Å². The van der Waals surface area contributed by atoms with Crippen LogP contribution in [0.3, 0.4) is 0 Å². The normalized spacial score (nSPS) is 10.4. The van der Waals surface area contributed by atoms with Gasteiger partial charge in [0.25, 0.3) is 0 Å². The van der Waals surface area contributed by atoms with Crippen LogP contribution in [0.4, 0.5) is 0 Å². The number of carbonyl (C=O) groups excluding carboxylic acids is 1. The molecule has 0 aliphatic heterocycles. The molecule has 2 heteroatoms. The Kier molecular flexibility index (Phi) is 10.4. The molecule has 16 heavy (non-hydrogen) atoms. The van der Waals surface area contributed by atoms with Gasteiger partial charge in [0.15, 0.2) is 5.78 Å². The van der Waals surface area contributed by atoms with E-state index in [-0.39, 0.29) is 5.78 Å². The van der Waals surface area contributed by atoms with Crippen LogP contribution in [0, 0.1) is 0 Å². The number of unbranched alkanes of at least 4 members (excludes halogenated alkanes) is 7. The van der Waals surface area contributed by atoms with Gasteiger partial charge in [0, 0.05) is 6.42 Å². The van der Waals surface area contributed by atoms with E-state index < -0.39 is 0 Å². The van der Waals surface area contributed by atoms with E-state index >= 15 is 0 Å². The lowest BCUT2D eigenvalue weighted by Crippen LogP contribution is -1.98. The predicted octanol–water partition coefficient (Wildman–Crippen LogP) is 3.60. The van der Waals surface area contributed by atoms with Gasteiger partial charge in [-0.05, 0) is 31.9 Å². The van der Waals surface area contributed by atoms with Gasteiger partial charge in [-0.15, -0.1) is 0 Å². The number of rotatable bonds is 11. The fourth-order valence-electron chi connectivity index (χ4n) is 1.70. The van der Waals surface area contributed by atoms with Crippen LogP contribution >= 0.6 is 0 Å². The molecule has 0 heterocycles. The first kappa shape index (κ1) is 15.4. The van der Waals surface area contributed by atoms with Crippen molar-refractivity contribution >= 4 is 5.78 Å². The fraction of sp³-hybridized carbons (Fsp3) is 0.786. The lowest BCUT2D eigenvalue weighted by molar-refractivity contribution is -0.115. The van der Waals surface area contributed by atoms with Gasteiger partial charge < -0.3 is 5.73 Å². The molecule has 0 rings (SSSR count). The van der Waals surface area contributed by atoms with Crippen molar-refractivity contribution < 1.29 is 4.79 Å². The first-order valence-electron chi connectivity index (χ1n) is 6.57. The van der Waals surface area contributed by atoms with Crippen molar-refractivity contribution in [3.8, 4) is 0 Å². The van der Waals surface area contributed by atoms with E-state index in [1.807, 2.05) is 0 Å². The van der Waals surface area contributed by atoms with E-state index in [4.69, 9.17) is 5.73 Å². The molecule has 0 fully saturated rings. The molecule has 0 aliphatic carbocycles. The molecule has 0 radical (unpaired) electrons. The number of carbonyl (C=O) groups is 1. The van der Waals surface area contributed by atoms with Crippen molar-refractivity contribution in [2.75, 3.05) is 6.54 Å². The predicted molar refractivity (Wildman–Crippen MR) is 70.4 cm³/mol. The Labute approximate surface area is 100 Å². The molecule has 0 bridgehead atoms. The standard InChI is InChI=1S/C14H27NO/c1-13(2)14(16)11-9-7-5-3-4-6-8-10-12-15/h1,3-12,15H2,2H3. The van der Waals surface area contributed by atoms with E-state index in [0.29, 0.717) is 12.0 Å². The summed E-state index contributed by atoms with van der Waals surface area (Å²) in [7, 11) is 0. The Morgan fingerprint density at radius 2 is 1.38 bits per heavy atom. The Hall–Kier alpha value is -0.630. The first-order valence-corrected chi connectivity index (χ1v) is 6.57. The molecule has 0 atom stereocenters. The van der Waals surface area contributed by atoms with Crippen molar-refractivity contribution in [3.63, 3.8) is 0 Å². The average molecular weight is 225 g/mol. The minimum Gasteiger partial charge on any atom is -0.330 e. The third kappa shape index (κ3) is 9.91. The highest BCUT2D eigenvalue weighted by Crippen LogP contribution is 2.10. The molecule has 0 aromatic heterocycles. The second-order valence-corrected chi connectivity index (χ2v) is 4.57. The van der Waals surface area contributed by atoms with E-state index in [1.54, 1.807) is 6.92 Å². The largest absolute Gasteiger partial charge is 0.330 e. The van der Waals surface area contributed by atoms with Crippen LogP contribution < -0.4 is 5.73 Å². The lowest BCUT2D eigenvalue weighted by Gasteiger charge is -2.01. The van der Waals surface area contributed by atoms with E-state index in [2.05, 4.69) is 6.58 Å². The molecule has 2 N–H and O–H groups in total. The van der Waals surface area contributed by atoms with Crippen molar-refractivity contribution in [2.24, 2.45) is 5.73 Å². The van der Waals surface area contributed by atoms with Crippen molar-refractivity contribution in [2.45, 2.75) is 64.7 Å². The summed E-state index contributed by atoms with van der Waals surface area (Å²) < 4.78 is 0. The highest BCUT2D eigenvalue weighted by atomic mass is 16.1. The average Bonchev–Trinajstić information content (AvgIpc) is 2.26. The van der Waals surface area contributed by atoms with Gasteiger partial charge in [-0.25, -0.2) is 0 Å². The van der Waals surface area contributed by atoms with Gasteiger partial charge in [0.05, 0.1) is 0 Å². The van der Waals surface area contributed by atoms with Gasteiger partial charge in [0.1, 0.15) is 0 Å². The van der Waals surface area contributed by atoms with Crippen molar-refractivity contribution in [1.29, 1.82) is 0 Å². The zero-order chi connectivity index (χ0) is 12.2. The number of hydrogen-bond donors (Lipinski definition) is 1. The Bertz CT molecular complexity index is 199. The molecule has 0 unspecified atom stereocenters. The minimum atomic E-state index is 0.225. The number of Topliss-reactive ketones (excluding diaryl/α,β-unsaturated/α-hetero) is 1. The smallest absolute Gasteiger partial charge is 0.157 e. The van der Waals surface area contributed by atoms with Gasteiger partial charge in [0.2, 0.25) is 0 Å². The van der Waals surface area contributed by atoms with Crippen LogP contribution in [0.1, 0.15) is 64.7 Å². The van der Waals surface area contributed by atoms with E-state index in [0.717, 1.165) is 19.4 Å². The molecule has 94 valence electrons. The molecule has 0 amide bonds. The molecule has 0 aliphatic rings. The summed E-state index contributed by atoms with van der Waals surface area (Å²) in [6.07, 6.45) is 10.5. The maximum Gasteiger partial charge on any atom is 0.157 e. The Morgan fingerprint density at radius 3 is 1.81 bits per heavy atom. The maximum absolute atomic E-state index is 11.2. The molecule has 0 saturated carbocycles. The van der Waals surface area contributed by atoms with E-state index in [9.17, 15) is 4.79 Å². The molecule has 0 saturated heterocycles. The van der Waals surface area contributed by atoms with Crippen molar-refractivity contribution in [1.82, 2.24) is 0 Å². The Balaban J connectivity index is 3.10. The fourth-order valence-corrected chi connectivity index (χ4v) is 1.70. The lowest BCUT2D eigenvalue weighted by atomic mass is 10.0.